The van der Waals surface area contributed by atoms with Crippen LogP contribution in [0.1, 0.15) is 19.4 Å². The Kier molecular flexibility index (Phi) is 6.14. The summed E-state index contributed by atoms with van der Waals surface area (Å²) in [5.74, 6) is -0.203. The highest BCUT2D eigenvalue weighted by molar-refractivity contribution is 6.09. The Labute approximate surface area is 174 Å². The molecule has 1 aromatic carbocycles. The van der Waals surface area contributed by atoms with Gasteiger partial charge in [-0.25, -0.2) is 9.59 Å². The zero-order valence-electron chi connectivity index (χ0n) is 17.3. The van der Waals surface area contributed by atoms with Crippen LogP contribution >= 0.6 is 0 Å². The maximum absolute atomic E-state index is 13.0. The Bertz CT molecular complexity index is 834. The van der Waals surface area contributed by atoms with Crippen LogP contribution in [0.2, 0.25) is 0 Å². The second kappa shape index (κ2) is 8.60. The van der Waals surface area contributed by atoms with Gasteiger partial charge in [0.25, 0.3) is 5.91 Å². The quantitative estimate of drug-likeness (QED) is 0.708. The Morgan fingerprint density at radius 3 is 2.23 bits per heavy atom. The molecule has 2 saturated heterocycles. The summed E-state index contributed by atoms with van der Waals surface area (Å²) >= 11 is 0. The predicted octanol–water partition coefficient (Wildman–Crippen LogP) is 0.763. The number of ether oxygens (including phenoxy) is 2. The van der Waals surface area contributed by atoms with E-state index in [1.807, 2.05) is 0 Å². The molecule has 1 aromatic rings. The van der Waals surface area contributed by atoms with E-state index in [4.69, 9.17) is 9.47 Å². The molecular formula is C20H26N4O6. The molecule has 30 heavy (non-hydrogen) atoms. The van der Waals surface area contributed by atoms with Gasteiger partial charge in [-0.3, -0.25) is 14.5 Å². The van der Waals surface area contributed by atoms with Crippen molar-refractivity contribution in [3.05, 3.63) is 29.8 Å². The summed E-state index contributed by atoms with van der Waals surface area (Å²) in [6.07, 6.45) is -0.408. The summed E-state index contributed by atoms with van der Waals surface area (Å²) < 4.78 is 10.1. The monoisotopic (exact) mass is 418 g/mol. The average Bonchev–Trinajstić information content (AvgIpc) is 2.98. The molecule has 5 amide bonds. The number of hydrogen-bond donors (Lipinski definition) is 1. The minimum atomic E-state index is -1.26. The summed E-state index contributed by atoms with van der Waals surface area (Å²) in [6.45, 7) is 4.59. The molecule has 0 radical (unpaired) electrons. The zero-order chi connectivity index (χ0) is 21.9. The SMILES string of the molecule is CCOC(=O)N1CCN(C(=O)CN2C(=O)N[C@](C)(c3ccc(OC)cc3)C2=O)CC1. The zero-order valence-corrected chi connectivity index (χ0v) is 17.3. The molecule has 162 valence electrons. The lowest BCUT2D eigenvalue weighted by molar-refractivity contribution is -0.139. The summed E-state index contributed by atoms with van der Waals surface area (Å²) in [7, 11) is 1.54. The van der Waals surface area contributed by atoms with Gasteiger partial charge in [-0.2, -0.15) is 0 Å². The average molecular weight is 418 g/mol. The van der Waals surface area contributed by atoms with Gasteiger partial charge in [0.2, 0.25) is 5.91 Å². The van der Waals surface area contributed by atoms with E-state index in [2.05, 4.69) is 5.32 Å². The minimum Gasteiger partial charge on any atom is -0.497 e. The van der Waals surface area contributed by atoms with Crippen LogP contribution in [0, 0.1) is 0 Å². The number of amides is 5. The van der Waals surface area contributed by atoms with Crippen LogP contribution in [-0.2, 0) is 19.9 Å². The molecule has 2 aliphatic rings. The first-order valence-corrected chi connectivity index (χ1v) is 9.78. The maximum atomic E-state index is 13.0. The van der Waals surface area contributed by atoms with Gasteiger partial charge in [-0.15, -0.1) is 0 Å². The van der Waals surface area contributed by atoms with Gasteiger partial charge in [-0.05, 0) is 31.5 Å². The molecule has 2 fully saturated rings. The Balaban J connectivity index is 1.63. The largest absolute Gasteiger partial charge is 0.497 e. The molecule has 0 aliphatic carbocycles. The topological polar surface area (TPSA) is 108 Å². The molecule has 2 aliphatic heterocycles. The third kappa shape index (κ3) is 4.03. The highest BCUT2D eigenvalue weighted by Gasteiger charge is 2.49. The summed E-state index contributed by atoms with van der Waals surface area (Å²) in [5, 5.41) is 2.68. The molecule has 10 nitrogen and oxygen atoms in total. The number of imide groups is 1. The van der Waals surface area contributed by atoms with Crippen molar-refractivity contribution in [2.45, 2.75) is 19.4 Å². The number of hydrogen-bond acceptors (Lipinski definition) is 6. The van der Waals surface area contributed by atoms with Gasteiger partial charge >= 0.3 is 12.1 Å². The fourth-order valence-corrected chi connectivity index (χ4v) is 3.55. The number of rotatable bonds is 5. The van der Waals surface area contributed by atoms with E-state index in [0.29, 0.717) is 37.5 Å². The van der Waals surface area contributed by atoms with E-state index in [0.717, 1.165) is 4.90 Å². The van der Waals surface area contributed by atoms with E-state index >= 15 is 0 Å². The van der Waals surface area contributed by atoms with E-state index in [1.165, 1.54) is 4.90 Å². The molecule has 0 bridgehead atoms. The highest BCUT2D eigenvalue weighted by atomic mass is 16.6. The van der Waals surface area contributed by atoms with Crippen molar-refractivity contribution in [2.75, 3.05) is 46.4 Å². The molecule has 2 heterocycles. The number of carbonyl (C=O) groups is 4. The molecule has 0 saturated carbocycles. The summed E-state index contributed by atoms with van der Waals surface area (Å²) in [5.41, 5.74) is -0.661. The minimum absolute atomic E-state index is 0.289. The number of urea groups is 1. The molecule has 0 spiro atoms. The predicted molar refractivity (Wildman–Crippen MR) is 106 cm³/mol. The second-order valence-electron chi connectivity index (χ2n) is 7.24. The number of nitrogens with zero attached hydrogens (tertiary/aromatic N) is 3. The number of nitrogens with one attached hydrogen (secondary N) is 1. The van der Waals surface area contributed by atoms with Crippen molar-refractivity contribution in [3.8, 4) is 5.75 Å². The van der Waals surface area contributed by atoms with Gasteiger partial charge in [0, 0.05) is 26.2 Å². The van der Waals surface area contributed by atoms with Crippen molar-refractivity contribution in [1.29, 1.82) is 0 Å². The Hall–Kier alpha value is -3.30. The van der Waals surface area contributed by atoms with E-state index in [9.17, 15) is 19.2 Å². The van der Waals surface area contributed by atoms with Gasteiger partial charge in [0.1, 0.15) is 17.8 Å². The van der Waals surface area contributed by atoms with E-state index < -0.39 is 23.6 Å². The van der Waals surface area contributed by atoms with Crippen LogP contribution in [0.4, 0.5) is 9.59 Å². The van der Waals surface area contributed by atoms with Crippen LogP contribution in [0.5, 0.6) is 5.75 Å². The molecule has 1 N–H and O–H groups in total. The third-order valence-corrected chi connectivity index (χ3v) is 5.39. The van der Waals surface area contributed by atoms with Crippen LogP contribution in [0.25, 0.3) is 0 Å². The van der Waals surface area contributed by atoms with Crippen molar-refractivity contribution in [1.82, 2.24) is 20.0 Å². The smallest absolute Gasteiger partial charge is 0.409 e. The first-order chi connectivity index (χ1) is 14.3. The molecule has 0 unspecified atom stereocenters. The van der Waals surface area contributed by atoms with Gasteiger partial charge in [0.15, 0.2) is 0 Å². The molecular weight excluding hydrogens is 392 g/mol. The van der Waals surface area contributed by atoms with Crippen molar-refractivity contribution in [3.63, 3.8) is 0 Å². The Morgan fingerprint density at radius 2 is 1.67 bits per heavy atom. The number of piperazine rings is 1. The lowest BCUT2D eigenvalue weighted by atomic mass is 9.92. The summed E-state index contributed by atoms with van der Waals surface area (Å²) in [4.78, 5) is 53.9. The lowest BCUT2D eigenvalue weighted by Gasteiger charge is -2.34. The third-order valence-electron chi connectivity index (χ3n) is 5.39. The van der Waals surface area contributed by atoms with E-state index in [-0.39, 0.29) is 19.1 Å². The van der Waals surface area contributed by atoms with Crippen LogP contribution < -0.4 is 10.1 Å². The lowest BCUT2D eigenvalue weighted by Crippen LogP contribution is -2.53. The van der Waals surface area contributed by atoms with Crippen molar-refractivity contribution in [2.24, 2.45) is 0 Å². The Morgan fingerprint density at radius 1 is 1.07 bits per heavy atom. The first-order valence-electron chi connectivity index (χ1n) is 9.78. The fourth-order valence-electron chi connectivity index (χ4n) is 3.55. The van der Waals surface area contributed by atoms with Crippen LogP contribution in [0.3, 0.4) is 0 Å². The first kappa shape index (κ1) is 21.4. The summed E-state index contributed by atoms with van der Waals surface area (Å²) in [6, 6.07) is 6.21. The molecule has 1 atom stereocenters. The molecule has 3 rings (SSSR count). The van der Waals surface area contributed by atoms with Crippen LogP contribution in [-0.4, -0.2) is 85.1 Å². The highest BCUT2D eigenvalue weighted by Crippen LogP contribution is 2.30. The van der Waals surface area contributed by atoms with Gasteiger partial charge in [0.05, 0.1) is 13.7 Å². The van der Waals surface area contributed by atoms with Gasteiger partial charge < -0.3 is 24.6 Å². The van der Waals surface area contributed by atoms with Crippen molar-refractivity contribution >= 4 is 23.9 Å². The normalized spacial score (nSPS) is 21.5. The fraction of sp³-hybridized carbons (Fsp3) is 0.500. The standard InChI is InChI=1S/C20H26N4O6/c1-4-30-19(28)23-11-9-22(10-12-23)16(25)13-24-17(26)20(2,21-18(24)27)14-5-7-15(29-3)8-6-14/h5-8H,4,9-13H2,1-3H3,(H,21,27)/t20-/m1/s1. The number of benzene rings is 1. The van der Waals surface area contributed by atoms with Crippen LogP contribution in [0.15, 0.2) is 24.3 Å². The van der Waals surface area contributed by atoms with Gasteiger partial charge in [-0.1, -0.05) is 12.1 Å². The molecule has 10 heteroatoms. The maximum Gasteiger partial charge on any atom is 0.409 e. The number of methoxy groups -OCH3 is 1. The molecule has 0 aromatic heterocycles. The van der Waals surface area contributed by atoms with Crippen molar-refractivity contribution < 1.29 is 28.7 Å². The number of carbonyl (C=O) groups excluding carboxylic acids is 4. The van der Waals surface area contributed by atoms with E-state index in [1.54, 1.807) is 50.1 Å². The second-order valence-corrected chi connectivity index (χ2v) is 7.24.